The van der Waals surface area contributed by atoms with Crippen LogP contribution in [0.2, 0.25) is 0 Å². The third-order valence-corrected chi connectivity index (χ3v) is 17.1. The monoisotopic (exact) mass is 1010 g/mol. The number of fused-ring (bicyclic) bond motifs is 3. The molecule has 0 aliphatic heterocycles. The van der Waals surface area contributed by atoms with Gasteiger partial charge >= 0.3 is 0 Å². The molecule has 2 nitrogen and oxygen atoms in total. The van der Waals surface area contributed by atoms with Crippen molar-refractivity contribution in [2.24, 2.45) is 0 Å². The van der Waals surface area contributed by atoms with Crippen molar-refractivity contribution in [2.45, 2.75) is 207 Å². The summed E-state index contributed by atoms with van der Waals surface area (Å²) in [4.78, 5) is 4.84. The van der Waals surface area contributed by atoms with Gasteiger partial charge in [0.05, 0.1) is 0 Å². The average molecular weight is 1010 g/mol. The number of aryl methyl sites for hydroxylation is 3. The van der Waals surface area contributed by atoms with Crippen molar-refractivity contribution in [3.63, 3.8) is 0 Å². The Morgan fingerprint density at radius 1 is 0.355 bits per heavy atom. The molecule has 76 heavy (non-hydrogen) atoms. The molecule has 0 heterocycles. The number of hydrogen-bond acceptors (Lipinski definition) is 2. The zero-order valence-corrected chi connectivity index (χ0v) is 48.5. The minimum absolute atomic E-state index is 0.0216. The molecule has 7 aromatic rings. The maximum absolute atomic E-state index is 2.69. The fraction of sp³-hybridized carbons (Fsp3) is 0.432. The Morgan fingerprint density at radius 3 is 1.17 bits per heavy atom. The van der Waals surface area contributed by atoms with Gasteiger partial charge < -0.3 is 9.80 Å². The molecule has 0 radical (unpaired) electrons. The zero-order valence-electron chi connectivity index (χ0n) is 48.5. The van der Waals surface area contributed by atoms with Crippen LogP contribution in [0.5, 0.6) is 0 Å². The van der Waals surface area contributed by atoms with Crippen LogP contribution >= 0.6 is 0 Å². The topological polar surface area (TPSA) is 6.48 Å². The second kappa shape index (κ2) is 27.5. The molecular formula is C74H94N2. The molecule has 0 spiro atoms. The standard InChI is InChI=1S/C74H94N2/c1-9-14-18-20-22-24-53-74(54-25-23-21-19-15-10-2)71-55-61(36-50-69(71)70-51-37-62(56-72(70)74)73(7,8)52-13-5)60-34-44-66(45-35-60)76(65-42-32-59(33-43-65)27-17-12-4)68-48-46-67(47-49-68)75(63-38-28-57(6)29-39-63)64-40-30-58(31-41-64)26-16-11-3/h28-51,55-56H,9-27,52-54H2,1-8H3. The van der Waals surface area contributed by atoms with E-state index in [-0.39, 0.29) is 10.8 Å². The molecule has 7 aromatic carbocycles. The lowest BCUT2D eigenvalue weighted by Gasteiger charge is -2.34. The smallest absolute Gasteiger partial charge is 0.0463 e. The van der Waals surface area contributed by atoms with E-state index in [2.05, 4.69) is 223 Å². The number of nitrogens with zero attached hydrogens (tertiary/aromatic N) is 2. The van der Waals surface area contributed by atoms with Crippen LogP contribution in [0.1, 0.15) is 210 Å². The first-order valence-corrected chi connectivity index (χ1v) is 30.5. The Morgan fingerprint density at radius 2 is 0.724 bits per heavy atom. The number of benzene rings is 7. The Labute approximate surface area is 462 Å². The summed E-state index contributed by atoms with van der Waals surface area (Å²) in [5.74, 6) is 0. The zero-order chi connectivity index (χ0) is 53.3. The predicted octanol–water partition coefficient (Wildman–Crippen LogP) is 23.1. The molecule has 1 aliphatic carbocycles. The Hall–Kier alpha value is -5.86. The van der Waals surface area contributed by atoms with E-state index in [1.165, 1.54) is 184 Å². The highest BCUT2D eigenvalue weighted by Crippen LogP contribution is 2.56. The Balaban J connectivity index is 1.16. The minimum atomic E-state index is 0.0216. The van der Waals surface area contributed by atoms with E-state index >= 15 is 0 Å². The van der Waals surface area contributed by atoms with Gasteiger partial charge in [-0.2, -0.15) is 0 Å². The van der Waals surface area contributed by atoms with Gasteiger partial charge in [-0.15, -0.1) is 0 Å². The van der Waals surface area contributed by atoms with Gasteiger partial charge in [0.15, 0.2) is 0 Å². The van der Waals surface area contributed by atoms with Crippen LogP contribution in [-0.2, 0) is 23.7 Å². The SMILES string of the molecule is CCCCCCCCC1(CCCCCCCC)c2cc(-c3ccc(N(c4ccc(CCCC)cc4)c4ccc(N(c5ccc(C)cc5)c5ccc(CCCC)cc5)cc4)cc3)ccc2-c2ccc(C(C)(C)CCC)cc21. The molecule has 0 saturated heterocycles. The first-order valence-electron chi connectivity index (χ1n) is 30.5. The molecule has 0 fully saturated rings. The first kappa shape index (κ1) is 56.3. The summed E-state index contributed by atoms with van der Waals surface area (Å²) in [7, 11) is 0. The van der Waals surface area contributed by atoms with Crippen LogP contribution in [0.25, 0.3) is 22.3 Å². The summed E-state index contributed by atoms with van der Waals surface area (Å²) in [6.07, 6.45) is 27.8. The number of unbranched alkanes of at least 4 members (excludes halogenated alkanes) is 12. The van der Waals surface area contributed by atoms with Crippen LogP contribution in [0.15, 0.2) is 158 Å². The van der Waals surface area contributed by atoms with Crippen molar-refractivity contribution in [3.05, 3.63) is 191 Å². The van der Waals surface area contributed by atoms with E-state index in [9.17, 15) is 0 Å². The average Bonchev–Trinajstić information content (AvgIpc) is 3.77. The van der Waals surface area contributed by atoms with E-state index < -0.39 is 0 Å². The van der Waals surface area contributed by atoms with Crippen LogP contribution in [-0.4, -0.2) is 0 Å². The van der Waals surface area contributed by atoms with Gasteiger partial charge in [-0.25, -0.2) is 0 Å². The largest absolute Gasteiger partial charge is 0.311 e. The number of anilines is 6. The predicted molar refractivity (Wildman–Crippen MR) is 333 cm³/mol. The van der Waals surface area contributed by atoms with Crippen LogP contribution in [0.4, 0.5) is 34.1 Å². The molecule has 2 heteroatoms. The molecule has 1 aliphatic rings. The molecule has 0 N–H and O–H groups in total. The summed E-state index contributed by atoms with van der Waals surface area (Å²) in [6, 6.07) is 61.4. The Kier molecular flexibility index (Phi) is 20.4. The van der Waals surface area contributed by atoms with E-state index in [1.807, 2.05) is 0 Å². The second-order valence-corrected chi connectivity index (χ2v) is 23.4. The van der Waals surface area contributed by atoms with Crippen molar-refractivity contribution in [1.82, 2.24) is 0 Å². The third kappa shape index (κ3) is 13.6. The lowest BCUT2D eigenvalue weighted by atomic mass is 9.69. The number of rotatable bonds is 30. The molecule has 0 aromatic heterocycles. The van der Waals surface area contributed by atoms with Crippen molar-refractivity contribution >= 4 is 34.1 Å². The molecule has 0 bridgehead atoms. The van der Waals surface area contributed by atoms with Gasteiger partial charge in [-0.05, 0) is 186 Å². The van der Waals surface area contributed by atoms with Gasteiger partial charge in [0.1, 0.15) is 0 Å². The highest BCUT2D eigenvalue weighted by Gasteiger charge is 2.43. The lowest BCUT2D eigenvalue weighted by molar-refractivity contribution is 0.396. The van der Waals surface area contributed by atoms with Gasteiger partial charge in [0.25, 0.3) is 0 Å². The summed E-state index contributed by atoms with van der Waals surface area (Å²) >= 11 is 0. The second-order valence-electron chi connectivity index (χ2n) is 23.4. The molecule has 0 unspecified atom stereocenters. The van der Waals surface area contributed by atoms with Crippen LogP contribution in [0.3, 0.4) is 0 Å². The van der Waals surface area contributed by atoms with Crippen LogP contribution < -0.4 is 9.80 Å². The lowest BCUT2D eigenvalue weighted by Crippen LogP contribution is -2.27. The first-order chi connectivity index (χ1) is 37.1. The van der Waals surface area contributed by atoms with E-state index in [0.29, 0.717) is 0 Å². The summed E-state index contributed by atoms with van der Waals surface area (Å²) in [5, 5.41) is 0. The summed E-state index contributed by atoms with van der Waals surface area (Å²) in [6.45, 7) is 18.7. The molecule has 0 atom stereocenters. The molecule has 0 amide bonds. The Bertz CT molecular complexity index is 2810. The minimum Gasteiger partial charge on any atom is -0.311 e. The van der Waals surface area contributed by atoms with E-state index in [4.69, 9.17) is 0 Å². The van der Waals surface area contributed by atoms with Crippen molar-refractivity contribution in [1.29, 1.82) is 0 Å². The van der Waals surface area contributed by atoms with Crippen molar-refractivity contribution in [3.8, 4) is 22.3 Å². The van der Waals surface area contributed by atoms with E-state index in [0.717, 1.165) is 35.6 Å². The molecule has 0 saturated carbocycles. The third-order valence-electron chi connectivity index (χ3n) is 17.1. The molecule has 8 rings (SSSR count). The summed E-state index contributed by atoms with van der Waals surface area (Å²) in [5.41, 5.74) is 21.4. The maximum Gasteiger partial charge on any atom is 0.0463 e. The van der Waals surface area contributed by atoms with Crippen LogP contribution in [0, 0.1) is 6.92 Å². The maximum atomic E-state index is 2.69. The molecule has 400 valence electrons. The van der Waals surface area contributed by atoms with Gasteiger partial charge in [0, 0.05) is 39.5 Å². The van der Waals surface area contributed by atoms with Gasteiger partial charge in [-0.1, -0.05) is 229 Å². The summed E-state index contributed by atoms with van der Waals surface area (Å²) < 4.78 is 0. The van der Waals surface area contributed by atoms with E-state index in [1.54, 1.807) is 11.1 Å². The van der Waals surface area contributed by atoms with Gasteiger partial charge in [-0.3, -0.25) is 0 Å². The van der Waals surface area contributed by atoms with Crippen molar-refractivity contribution < 1.29 is 0 Å². The fourth-order valence-electron chi connectivity index (χ4n) is 12.5. The molecular weight excluding hydrogens is 917 g/mol. The quantitative estimate of drug-likeness (QED) is 0.0414. The van der Waals surface area contributed by atoms with Crippen molar-refractivity contribution in [2.75, 3.05) is 9.80 Å². The number of hydrogen-bond donors (Lipinski definition) is 0. The van der Waals surface area contributed by atoms with Gasteiger partial charge in [0.2, 0.25) is 0 Å². The fourth-order valence-corrected chi connectivity index (χ4v) is 12.5. The highest BCUT2D eigenvalue weighted by molar-refractivity contribution is 5.86. The normalized spacial score (nSPS) is 12.7. The highest BCUT2D eigenvalue weighted by atomic mass is 15.2.